The monoisotopic (exact) mass is 209 g/mol. The number of benzene rings is 1. The lowest BCUT2D eigenvalue weighted by molar-refractivity contribution is 0.337. The van der Waals surface area contributed by atoms with E-state index in [1.165, 1.54) is 14.2 Å². The molecule has 1 aromatic carbocycles. The Morgan fingerprint density at radius 2 is 1.73 bits per heavy atom. The molecule has 4 nitrogen and oxygen atoms in total. The Morgan fingerprint density at radius 1 is 1.20 bits per heavy atom. The maximum absolute atomic E-state index is 9.72. The first-order valence-corrected chi connectivity index (χ1v) is 4.92. The van der Waals surface area contributed by atoms with Gasteiger partial charge in [-0.1, -0.05) is 0 Å². The van der Waals surface area contributed by atoms with E-state index in [-0.39, 0.29) is 5.75 Å². The molecule has 1 fully saturated rings. The van der Waals surface area contributed by atoms with Crippen molar-refractivity contribution in [3.05, 3.63) is 17.7 Å². The fraction of sp³-hybridized carbons (Fsp3) is 0.455. The second kappa shape index (κ2) is 3.98. The molecule has 1 heterocycles. The van der Waals surface area contributed by atoms with Gasteiger partial charge in [-0.25, -0.2) is 0 Å². The number of rotatable bonds is 3. The molecule has 0 aromatic heterocycles. The van der Waals surface area contributed by atoms with Gasteiger partial charge in [0.2, 0.25) is 5.75 Å². The van der Waals surface area contributed by atoms with Gasteiger partial charge in [0.25, 0.3) is 0 Å². The predicted molar refractivity (Wildman–Crippen MR) is 56.8 cm³/mol. The Morgan fingerprint density at radius 3 is 2.07 bits per heavy atom. The van der Waals surface area contributed by atoms with Gasteiger partial charge in [-0.05, 0) is 17.7 Å². The second-order valence-corrected chi connectivity index (χ2v) is 3.63. The van der Waals surface area contributed by atoms with E-state index in [1.54, 1.807) is 0 Å². The van der Waals surface area contributed by atoms with Crippen LogP contribution in [0.25, 0.3) is 0 Å². The highest BCUT2D eigenvalue weighted by Gasteiger charge is 2.22. The van der Waals surface area contributed by atoms with Crippen LogP contribution in [0.1, 0.15) is 11.5 Å². The van der Waals surface area contributed by atoms with Crippen molar-refractivity contribution >= 4 is 0 Å². The maximum Gasteiger partial charge on any atom is 0.200 e. The minimum Gasteiger partial charge on any atom is -0.502 e. The highest BCUT2D eigenvalue weighted by Crippen LogP contribution is 2.39. The first kappa shape index (κ1) is 10.1. The summed E-state index contributed by atoms with van der Waals surface area (Å²) in [5.41, 5.74) is 1.14. The first-order chi connectivity index (χ1) is 7.26. The summed E-state index contributed by atoms with van der Waals surface area (Å²) in [5.74, 6) is 1.50. The van der Waals surface area contributed by atoms with E-state index in [4.69, 9.17) is 9.47 Å². The van der Waals surface area contributed by atoms with Gasteiger partial charge in [0.15, 0.2) is 11.5 Å². The van der Waals surface area contributed by atoms with Crippen molar-refractivity contribution in [2.24, 2.45) is 0 Å². The van der Waals surface area contributed by atoms with Gasteiger partial charge in [0.05, 0.1) is 14.2 Å². The van der Waals surface area contributed by atoms with Gasteiger partial charge in [-0.3, -0.25) is 0 Å². The number of nitrogens with one attached hydrogen (secondary N) is 1. The van der Waals surface area contributed by atoms with E-state index in [1.807, 2.05) is 12.1 Å². The lowest BCUT2D eigenvalue weighted by atomic mass is 9.93. The SMILES string of the molecule is COc1cc(C2CNC2)cc(OC)c1O. The van der Waals surface area contributed by atoms with Crippen molar-refractivity contribution < 1.29 is 14.6 Å². The Bertz CT molecular complexity index is 336. The zero-order chi connectivity index (χ0) is 10.8. The molecule has 15 heavy (non-hydrogen) atoms. The van der Waals surface area contributed by atoms with Crippen LogP contribution >= 0.6 is 0 Å². The van der Waals surface area contributed by atoms with Crippen molar-refractivity contribution in [1.29, 1.82) is 0 Å². The molecule has 1 aromatic rings. The third-order valence-electron chi connectivity index (χ3n) is 2.76. The molecule has 2 rings (SSSR count). The van der Waals surface area contributed by atoms with Crippen molar-refractivity contribution in [1.82, 2.24) is 5.32 Å². The lowest BCUT2D eigenvalue weighted by Gasteiger charge is -2.28. The number of phenolic OH excluding ortho intramolecular Hbond substituents is 1. The molecule has 0 radical (unpaired) electrons. The molecule has 1 saturated heterocycles. The normalized spacial score (nSPS) is 15.9. The van der Waals surface area contributed by atoms with Gasteiger partial charge in [0.1, 0.15) is 0 Å². The van der Waals surface area contributed by atoms with Crippen LogP contribution in [0.3, 0.4) is 0 Å². The second-order valence-electron chi connectivity index (χ2n) is 3.63. The summed E-state index contributed by atoms with van der Waals surface area (Å²) in [6, 6.07) is 3.73. The molecule has 1 aliphatic rings. The van der Waals surface area contributed by atoms with Crippen LogP contribution in [0.4, 0.5) is 0 Å². The minimum absolute atomic E-state index is 0.0658. The molecule has 82 valence electrons. The minimum atomic E-state index is 0.0658. The molecular weight excluding hydrogens is 194 g/mol. The largest absolute Gasteiger partial charge is 0.502 e. The maximum atomic E-state index is 9.72. The molecule has 0 aliphatic carbocycles. The van der Waals surface area contributed by atoms with Crippen LogP contribution in [0.5, 0.6) is 17.2 Å². The number of ether oxygens (including phenoxy) is 2. The summed E-state index contributed by atoms with van der Waals surface area (Å²) in [7, 11) is 3.08. The highest BCUT2D eigenvalue weighted by atomic mass is 16.5. The number of methoxy groups -OCH3 is 2. The molecule has 0 saturated carbocycles. The smallest absolute Gasteiger partial charge is 0.200 e. The fourth-order valence-corrected chi connectivity index (χ4v) is 1.67. The van der Waals surface area contributed by atoms with E-state index in [0.29, 0.717) is 17.4 Å². The van der Waals surface area contributed by atoms with Gasteiger partial charge in [-0.2, -0.15) is 0 Å². The van der Waals surface area contributed by atoms with Crippen LogP contribution in [0, 0.1) is 0 Å². The summed E-state index contributed by atoms with van der Waals surface area (Å²) in [6.45, 7) is 1.94. The predicted octanol–water partition coefficient (Wildman–Crippen LogP) is 1.10. The topological polar surface area (TPSA) is 50.7 Å². The molecule has 0 bridgehead atoms. The Hall–Kier alpha value is -1.42. The standard InChI is InChI=1S/C11H15NO3/c1-14-9-3-7(8-5-12-6-8)4-10(15-2)11(9)13/h3-4,8,12-13H,5-6H2,1-2H3. The molecule has 2 N–H and O–H groups in total. The Kier molecular flexibility index (Phi) is 2.68. The van der Waals surface area contributed by atoms with Crippen LogP contribution in [-0.2, 0) is 0 Å². The average Bonchev–Trinajstić information content (AvgIpc) is 2.17. The van der Waals surface area contributed by atoms with Gasteiger partial charge < -0.3 is 19.9 Å². The highest BCUT2D eigenvalue weighted by molar-refractivity contribution is 5.53. The third-order valence-corrected chi connectivity index (χ3v) is 2.76. The van der Waals surface area contributed by atoms with E-state index in [9.17, 15) is 5.11 Å². The summed E-state index contributed by atoms with van der Waals surface area (Å²) in [4.78, 5) is 0. The van der Waals surface area contributed by atoms with Gasteiger partial charge >= 0.3 is 0 Å². The number of hydrogen-bond acceptors (Lipinski definition) is 4. The van der Waals surface area contributed by atoms with Crippen LogP contribution in [0.2, 0.25) is 0 Å². The van der Waals surface area contributed by atoms with E-state index < -0.39 is 0 Å². The summed E-state index contributed by atoms with van der Waals surface area (Å²) in [6.07, 6.45) is 0. The van der Waals surface area contributed by atoms with Gasteiger partial charge in [0, 0.05) is 19.0 Å². The Balaban J connectivity index is 2.38. The third kappa shape index (κ3) is 1.72. The van der Waals surface area contributed by atoms with Crippen LogP contribution in [-0.4, -0.2) is 32.4 Å². The van der Waals surface area contributed by atoms with Crippen molar-refractivity contribution in [3.63, 3.8) is 0 Å². The van der Waals surface area contributed by atoms with Crippen molar-refractivity contribution in [3.8, 4) is 17.2 Å². The number of phenols is 1. The molecule has 1 aliphatic heterocycles. The quantitative estimate of drug-likeness (QED) is 0.782. The van der Waals surface area contributed by atoms with E-state index in [0.717, 1.165) is 18.7 Å². The van der Waals surface area contributed by atoms with Crippen molar-refractivity contribution in [2.75, 3.05) is 27.3 Å². The zero-order valence-electron chi connectivity index (χ0n) is 8.91. The summed E-state index contributed by atoms with van der Waals surface area (Å²) >= 11 is 0. The van der Waals surface area contributed by atoms with Crippen LogP contribution in [0.15, 0.2) is 12.1 Å². The zero-order valence-corrected chi connectivity index (χ0v) is 8.91. The van der Waals surface area contributed by atoms with E-state index >= 15 is 0 Å². The Labute approximate surface area is 88.8 Å². The molecule has 0 amide bonds. The number of aromatic hydroxyl groups is 1. The summed E-state index contributed by atoms with van der Waals surface area (Å²) < 4.78 is 10.2. The average molecular weight is 209 g/mol. The number of hydrogen-bond donors (Lipinski definition) is 2. The summed E-state index contributed by atoms with van der Waals surface area (Å²) in [5, 5.41) is 12.9. The lowest BCUT2D eigenvalue weighted by Crippen LogP contribution is -2.39. The first-order valence-electron chi connectivity index (χ1n) is 4.92. The molecule has 0 atom stereocenters. The molecule has 4 heteroatoms. The molecule has 0 spiro atoms. The van der Waals surface area contributed by atoms with Gasteiger partial charge in [-0.15, -0.1) is 0 Å². The fourth-order valence-electron chi connectivity index (χ4n) is 1.67. The van der Waals surface area contributed by atoms with E-state index in [2.05, 4.69) is 5.32 Å². The molecular formula is C11H15NO3. The van der Waals surface area contributed by atoms with Crippen LogP contribution < -0.4 is 14.8 Å². The van der Waals surface area contributed by atoms with Crippen molar-refractivity contribution in [2.45, 2.75) is 5.92 Å². The molecule has 0 unspecified atom stereocenters.